The van der Waals surface area contributed by atoms with E-state index in [2.05, 4.69) is 10.3 Å². The average molecular weight is 156 g/mol. The third kappa shape index (κ3) is 1.51. The van der Waals surface area contributed by atoms with Crippen molar-refractivity contribution >= 4 is 17.2 Å². The molecule has 0 bridgehead atoms. The highest BCUT2D eigenvalue weighted by Crippen LogP contribution is 1.93. The summed E-state index contributed by atoms with van der Waals surface area (Å²) in [6.07, 6.45) is 2.22. The lowest BCUT2D eigenvalue weighted by molar-refractivity contribution is 0.691. The third-order valence-corrected chi connectivity index (χ3v) is 1.31. The zero-order valence-corrected chi connectivity index (χ0v) is 6.43. The molecule has 0 atom stereocenters. The number of aryl methyl sites for hydroxylation is 1. The Bertz CT molecular complexity index is 242. The molecule has 0 saturated heterocycles. The number of rotatable bonds is 2. The fourth-order valence-corrected chi connectivity index (χ4v) is 0.797. The summed E-state index contributed by atoms with van der Waals surface area (Å²) in [7, 11) is 1.81. The van der Waals surface area contributed by atoms with Crippen molar-refractivity contribution < 1.29 is 0 Å². The van der Waals surface area contributed by atoms with Crippen LogP contribution in [0.5, 0.6) is 0 Å². The second-order valence-electron chi connectivity index (χ2n) is 1.99. The molecule has 0 aliphatic carbocycles. The fourth-order valence-electron chi connectivity index (χ4n) is 0.649. The number of hydrogen-bond donors (Lipinski definition) is 1. The van der Waals surface area contributed by atoms with Crippen LogP contribution in [0.4, 0.5) is 0 Å². The van der Waals surface area contributed by atoms with E-state index < -0.39 is 0 Å². The lowest BCUT2D eigenvalue weighted by atomic mass is 10.3. The van der Waals surface area contributed by atoms with Gasteiger partial charge in [-0.25, -0.2) is 0 Å². The first-order valence-electron chi connectivity index (χ1n) is 2.82. The second kappa shape index (κ2) is 2.74. The van der Waals surface area contributed by atoms with Crippen LogP contribution in [0, 0.1) is 0 Å². The van der Waals surface area contributed by atoms with Crippen LogP contribution < -0.4 is 5.73 Å². The van der Waals surface area contributed by atoms with Gasteiger partial charge in [0, 0.05) is 13.5 Å². The van der Waals surface area contributed by atoms with Crippen LogP contribution in [0.3, 0.4) is 0 Å². The Labute approximate surface area is 64.0 Å². The van der Waals surface area contributed by atoms with Crippen molar-refractivity contribution in [3.8, 4) is 0 Å². The smallest absolute Gasteiger partial charge is 0.0788 e. The molecule has 0 radical (unpaired) electrons. The highest BCUT2D eigenvalue weighted by atomic mass is 32.1. The Kier molecular flexibility index (Phi) is 1.96. The summed E-state index contributed by atoms with van der Waals surface area (Å²) >= 11 is 4.71. The largest absolute Gasteiger partial charge is 0.393 e. The van der Waals surface area contributed by atoms with Gasteiger partial charge < -0.3 is 5.73 Å². The molecule has 1 aromatic heterocycles. The molecule has 10 heavy (non-hydrogen) atoms. The molecule has 0 aliphatic heterocycles. The first-order valence-corrected chi connectivity index (χ1v) is 3.23. The highest BCUT2D eigenvalue weighted by molar-refractivity contribution is 7.80. The van der Waals surface area contributed by atoms with Gasteiger partial charge in [0.1, 0.15) is 0 Å². The molecule has 5 heteroatoms. The molecule has 0 fully saturated rings. The monoisotopic (exact) mass is 156 g/mol. The fraction of sp³-hybridized carbons (Fsp3) is 0.400. The average Bonchev–Trinajstić information content (AvgIpc) is 2.15. The van der Waals surface area contributed by atoms with E-state index in [0.29, 0.717) is 11.4 Å². The molecular formula is C5H8N4S. The van der Waals surface area contributed by atoms with Gasteiger partial charge in [-0.05, 0) is 0 Å². The van der Waals surface area contributed by atoms with Gasteiger partial charge in [0.2, 0.25) is 0 Å². The first kappa shape index (κ1) is 7.14. The predicted molar refractivity (Wildman–Crippen MR) is 41.5 cm³/mol. The van der Waals surface area contributed by atoms with E-state index in [4.69, 9.17) is 18.0 Å². The van der Waals surface area contributed by atoms with E-state index in [1.807, 2.05) is 0 Å². The van der Waals surface area contributed by atoms with Crippen LogP contribution in [0.2, 0.25) is 0 Å². The Balaban J connectivity index is 2.74. The van der Waals surface area contributed by atoms with Gasteiger partial charge in [0.25, 0.3) is 0 Å². The predicted octanol–water partition coefficient (Wildman–Crippen LogP) is -0.356. The Morgan fingerprint density at radius 3 is 3.00 bits per heavy atom. The minimum atomic E-state index is 0.463. The standard InChI is InChI=1S/C5H8N4S/c1-9-4(2-5(6)10)3-7-8-9/h3H,2H2,1H3,(H2,6,10). The summed E-state index contributed by atoms with van der Waals surface area (Å²) in [5, 5.41) is 7.39. The highest BCUT2D eigenvalue weighted by Gasteiger charge is 1.99. The molecule has 0 spiro atoms. The maximum atomic E-state index is 5.32. The summed E-state index contributed by atoms with van der Waals surface area (Å²) < 4.78 is 1.65. The van der Waals surface area contributed by atoms with Gasteiger partial charge in [-0.15, -0.1) is 5.10 Å². The third-order valence-electron chi connectivity index (χ3n) is 1.16. The van der Waals surface area contributed by atoms with Gasteiger partial charge in [-0.3, -0.25) is 4.68 Å². The van der Waals surface area contributed by atoms with Crippen molar-refractivity contribution in [3.05, 3.63) is 11.9 Å². The van der Waals surface area contributed by atoms with E-state index >= 15 is 0 Å². The second-order valence-corrected chi connectivity index (χ2v) is 2.52. The van der Waals surface area contributed by atoms with E-state index in [9.17, 15) is 0 Å². The van der Waals surface area contributed by atoms with Crippen LogP contribution in [0.15, 0.2) is 6.20 Å². The van der Waals surface area contributed by atoms with Gasteiger partial charge in [0.15, 0.2) is 0 Å². The van der Waals surface area contributed by atoms with Gasteiger partial charge >= 0.3 is 0 Å². The topological polar surface area (TPSA) is 56.7 Å². The van der Waals surface area contributed by atoms with Crippen molar-refractivity contribution in [2.24, 2.45) is 12.8 Å². The van der Waals surface area contributed by atoms with E-state index in [-0.39, 0.29) is 0 Å². The molecule has 0 amide bonds. The molecule has 54 valence electrons. The van der Waals surface area contributed by atoms with Crippen LogP contribution in [0.1, 0.15) is 5.69 Å². The van der Waals surface area contributed by atoms with Crippen LogP contribution in [-0.2, 0) is 13.5 Å². The number of thiocarbonyl (C=S) groups is 1. The maximum Gasteiger partial charge on any atom is 0.0788 e. The molecule has 0 saturated carbocycles. The molecule has 1 heterocycles. The van der Waals surface area contributed by atoms with Crippen molar-refractivity contribution in [2.45, 2.75) is 6.42 Å². The Hall–Kier alpha value is -0.970. The van der Waals surface area contributed by atoms with E-state index in [0.717, 1.165) is 5.69 Å². The first-order chi connectivity index (χ1) is 4.70. The minimum absolute atomic E-state index is 0.463. The Morgan fingerprint density at radius 2 is 2.60 bits per heavy atom. The summed E-state index contributed by atoms with van der Waals surface area (Å²) in [4.78, 5) is 0.463. The number of aromatic nitrogens is 3. The molecule has 2 N–H and O–H groups in total. The lowest BCUT2D eigenvalue weighted by Crippen LogP contribution is -2.13. The molecule has 0 aromatic carbocycles. The number of nitrogens with two attached hydrogens (primary N) is 1. The van der Waals surface area contributed by atoms with Gasteiger partial charge in [0.05, 0.1) is 16.9 Å². The molecule has 0 unspecified atom stereocenters. The normalized spacial score (nSPS) is 9.70. The van der Waals surface area contributed by atoms with Gasteiger partial charge in [-0.2, -0.15) is 0 Å². The van der Waals surface area contributed by atoms with Crippen LogP contribution in [0.25, 0.3) is 0 Å². The zero-order valence-electron chi connectivity index (χ0n) is 5.61. The van der Waals surface area contributed by atoms with Crippen molar-refractivity contribution in [1.29, 1.82) is 0 Å². The summed E-state index contributed by atoms with van der Waals surface area (Å²) in [5.74, 6) is 0. The number of nitrogens with zero attached hydrogens (tertiary/aromatic N) is 3. The molecule has 1 aromatic rings. The lowest BCUT2D eigenvalue weighted by Gasteiger charge is -1.95. The molecule has 0 aliphatic rings. The summed E-state index contributed by atoms with van der Waals surface area (Å²) in [6, 6.07) is 0. The summed E-state index contributed by atoms with van der Waals surface area (Å²) in [6.45, 7) is 0. The van der Waals surface area contributed by atoms with Crippen molar-refractivity contribution in [1.82, 2.24) is 15.0 Å². The van der Waals surface area contributed by atoms with E-state index in [1.54, 1.807) is 17.9 Å². The molecular weight excluding hydrogens is 148 g/mol. The van der Waals surface area contributed by atoms with E-state index in [1.165, 1.54) is 0 Å². The molecule has 4 nitrogen and oxygen atoms in total. The van der Waals surface area contributed by atoms with Crippen LogP contribution in [-0.4, -0.2) is 20.0 Å². The van der Waals surface area contributed by atoms with Crippen molar-refractivity contribution in [3.63, 3.8) is 0 Å². The minimum Gasteiger partial charge on any atom is -0.393 e. The summed E-state index contributed by atoms with van der Waals surface area (Å²) in [5.41, 5.74) is 6.25. The van der Waals surface area contributed by atoms with Gasteiger partial charge in [-0.1, -0.05) is 17.4 Å². The zero-order chi connectivity index (χ0) is 7.56. The quantitative estimate of drug-likeness (QED) is 0.594. The SMILES string of the molecule is Cn1nncc1CC(N)=S. The maximum absolute atomic E-state index is 5.32. The van der Waals surface area contributed by atoms with Crippen molar-refractivity contribution in [2.75, 3.05) is 0 Å². The number of hydrogen-bond acceptors (Lipinski definition) is 3. The van der Waals surface area contributed by atoms with Crippen LogP contribution >= 0.6 is 12.2 Å². The molecule has 1 rings (SSSR count). The Morgan fingerprint density at radius 1 is 1.90 bits per heavy atom.